The number of hydrogen-bond donors (Lipinski definition) is 1. The molecule has 4 heterocycles. The van der Waals surface area contributed by atoms with Gasteiger partial charge in [-0.1, -0.05) is 6.07 Å². The van der Waals surface area contributed by atoms with Gasteiger partial charge >= 0.3 is 0 Å². The molecule has 4 rings (SSSR count). The first-order valence-electron chi connectivity index (χ1n) is 9.11. The lowest BCUT2D eigenvalue weighted by Gasteiger charge is -2.31. The van der Waals surface area contributed by atoms with Crippen LogP contribution in [0.2, 0.25) is 0 Å². The highest BCUT2D eigenvalue weighted by molar-refractivity contribution is 5.91. The van der Waals surface area contributed by atoms with Crippen LogP contribution in [0.1, 0.15) is 46.5 Å². The molecule has 0 bridgehead atoms. The fraction of sp³-hybridized carbons (Fsp3) is 0.421. The SMILES string of the molecule is Cc1cc(C)n2c(C(=O)NC(c3cccnc3)C3CCOCC3)nnc2n1. The molecule has 1 atom stereocenters. The van der Waals surface area contributed by atoms with Crippen molar-refractivity contribution in [3.05, 3.63) is 53.4 Å². The number of aryl methyl sites for hydroxylation is 2. The summed E-state index contributed by atoms with van der Waals surface area (Å²) < 4.78 is 7.17. The molecule has 1 aliphatic heterocycles. The Balaban J connectivity index is 1.66. The fourth-order valence-corrected chi connectivity index (χ4v) is 3.67. The number of hydrogen-bond acceptors (Lipinski definition) is 6. The lowest BCUT2D eigenvalue weighted by atomic mass is 9.87. The fourth-order valence-electron chi connectivity index (χ4n) is 3.67. The molecule has 0 saturated carbocycles. The van der Waals surface area contributed by atoms with Crippen LogP contribution in [0.3, 0.4) is 0 Å². The van der Waals surface area contributed by atoms with Crippen LogP contribution in [0.25, 0.3) is 5.78 Å². The Morgan fingerprint density at radius 3 is 2.85 bits per heavy atom. The minimum Gasteiger partial charge on any atom is -0.381 e. The Hall–Kier alpha value is -2.87. The van der Waals surface area contributed by atoms with Gasteiger partial charge in [0.25, 0.3) is 11.7 Å². The van der Waals surface area contributed by atoms with E-state index in [1.807, 2.05) is 32.0 Å². The van der Waals surface area contributed by atoms with Crippen molar-refractivity contribution in [1.82, 2.24) is 29.9 Å². The zero-order chi connectivity index (χ0) is 18.8. The normalized spacial score (nSPS) is 16.4. The third-order valence-electron chi connectivity index (χ3n) is 4.96. The molecule has 1 unspecified atom stereocenters. The van der Waals surface area contributed by atoms with Crippen LogP contribution in [-0.2, 0) is 4.74 Å². The molecule has 0 aromatic carbocycles. The average molecular weight is 366 g/mol. The molecule has 0 aliphatic carbocycles. The van der Waals surface area contributed by atoms with Crippen molar-refractivity contribution in [1.29, 1.82) is 0 Å². The second-order valence-corrected chi connectivity index (χ2v) is 6.89. The first kappa shape index (κ1) is 17.5. The topological polar surface area (TPSA) is 94.3 Å². The molecule has 27 heavy (non-hydrogen) atoms. The summed E-state index contributed by atoms with van der Waals surface area (Å²) in [5.74, 6) is 0.696. The van der Waals surface area contributed by atoms with Crippen LogP contribution in [0, 0.1) is 19.8 Å². The zero-order valence-corrected chi connectivity index (χ0v) is 15.4. The maximum absolute atomic E-state index is 13.1. The van der Waals surface area contributed by atoms with Gasteiger partial charge in [0.2, 0.25) is 5.82 Å². The Bertz CT molecular complexity index is 949. The van der Waals surface area contributed by atoms with Gasteiger partial charge in [-0.25, -0.2) is 4.98 Å². The summed E-state index contributed by atoms with van der Waals surface area (Å²) in [6.45, 7) is 5.21. The monoisotopic (exact) mass is 366 g/mol. The van der Waals surface area contributed by atoms with E-state index in [2.05, 4.69) is 25.5 Å². The molecule has 3 aromatic rings. The maximum Gasteiger partial charge on any atom is 0.290 e. The van der Waals surface area contributed by atoms with Gasteiger partial charge in [-0.05, 0) is 50.3 Å². The van der Waals surface area contributed by atoms with Gasteiger partial charge in [0.05, 0.1) is 6.04 Å². The number of carbonyl (C=O) groups is 1. The number of ether oxygens (including phenoxy) is 1. The van der Waals surface area contributed by atoms with Crippen molar-refractivity contribution in [3.63, 3.8) is 0 Å². The second-order valence-electron chi connectivity index (χ2n) is 6.89. The lowest BCUT2D eigenvalue weighted by molar-refractivity contribution is 0.0511. The van der Waals surface area contributed by atoms with Gasteiger partial charge in [-0.2, -0.15) is 0 Å². The predicted octanol–water partition coefficient (Wildman–Crippen LogP) is 2.03. The quantitative estimate of drug-likeness (QED) is 0.759. The van der Waals surface area contributed by atoms with Crippen LogP contribution in [0.4, 0.5) is 0 Å². The average Bonchev–Trinajstić information content (AvgIpc) is 3.11. The standard InChI is InChI=1S/C19H22N6O2/c1-12-10-13(2)25-17(23-24-19(25)21-12)18(26)22-16(14-5-8-27-9-6-14)15-4-3-7-20-11-15/h3-4,7,10-11,14,16H,5-6,8-9H2,1-2H3,(H,22,26). The van der Waals surface area contributed by atoms with E-state index < -0.39 is 0 Å². The number of nitrogens with one attached hydrogen (secondary N) is 1. The minimum absolute atomic E-state index is 0.152. The molecule has 1 aliphatic rings. The van der Waals surface area contributed by atoms with E-state index in [0.29, 0.717) is 19.0 Å². The van der Waals surface area contributed by atoms with Crippen molar-refractivity contribution in [3.8, 4) is 0 Å². The van der Waals surface area contributed by atoms with Crippen LogP contribution < -0.4 is 5.32 Å². The summed E-state index contributed by atoms with van der Waals surface area (Å²) in [5.41, 5.74) is 2.70. The maximum atomic E-state index is 13.1. The molecular formula is C19H22N6O2. The number of carbonyl (C=O) groups excluding carboxylic acids is 1. The molecule has 0 spiro atoms. The van der Waals surface area contributed by atoms with E-state index >= 15 is 0 Å². The number of fused-ring (bicyclic) bond motifs is 1. The van der Waals surface area contributed by atoms with Crippen LogP contribution in [-0.4, -0.2) is 43.7 Å². The number of rotatable bonds is 4. The summed E-state index contributed by atoms with van der Waals surface area (Å²) in [4.78, 5) is 21.6. The van der Waals surface area contributed by atoms with Gasteiger partial charge in [0, 0.05) is 37.0 Å². The van der Waals surface area contributed by atoms with Crippen LogP contribution >= 0.6 is 0 Å². The van der Waals surface area contributed by atoms with Gasteiger partial charge in [-0.3, -0.25) is 14.2 Å². The third-order valence-corrected chi connectivity index (χ3v) is 4.96. The lowest BCUT2D eigenvalue weighted by Crippen LogP contribution is -2.37. The summed E-state index contributed by atoms with van der Waals surface area (Å²) >= 11 is 0. The van der Waals surface area contributed by atoms with E-state index in [4.69, 9.17) is 4.74 Å². The largest absolute Gasteiger partial charge is 0.381 e. The summed E-state index contributed by atoms with van der Waals surface area (Å²) in [5, 5.41) is 11.3. The Morgan fingerprint density at radius 1 is 1.30 bits per heavy atom. The first-order valence-corrected chi connectivity index (χ1v) is 9.11. The first-order chi connectivity index (χ1) is 13.1. The molecule has 8 nitrogen and oxygen atoms in total. The van der Waals surface area contributed by atoms with Crippen molar-refractivity contribution in [2.45, 2.75) is 32.7 Å². The summed E-state index contributed by atoms with van der Waals surface area (Å²) in [7, 11) is 0. The number of pyridine rings is 1. The Kier molecular flexibility index (Phi) is 4.81. The highest BCUT2D eigenvalue weighted by Gasteiger charge is 2.29. The van der Waals surface area contributed by atoms with E-state index in [-0.39, 0.29) is 23.7 Å². The molecule has 1 fully saturated rings. The molecule has 8 heteroatoms. The Labute approximate surface area is 157 Å². The minimum atomic E-state index is -0.267. The summed E-state index contributed by atoms with van der Waals surface area (Å²) in [6, 6.07) is 5.63. The van der Waals surface area contributed by atoms with Crippen molar-refractivity contribution < 1.29 is 9.53 Å². The van der Waals surface area contributed by atoms with E-state index in [9.17, 15) is 4.79 Å². The van der Waals surface area contributed by atoms with Gasteiger partial charge in [0.1, 0.15) is 0 Å². The second kappa shape index (κ2) is 7.40. The van der Waals surface area contributed by atoms with Crippen LogP contribution in [0.5, 0.6) is 0 Å². The van der Waals surface area contributed by atoms with E-state index in [0.717, 1.165) is 29.8 Å². The molecule has 1 N–H and O–H groups in total. The van der Waals surface area contributed by atoms with Gasteiger partial charge in [-0.15, -0.1) is 10.2 Å². The molecule has 140 valence electrons. The smallest absolute Gasteiger partial charge is 0.290 e. The zero-order valence-electron chi connectivity index (χ0n) is 15.4. The molecule has 3 aromatic heterocycles. The molecule has 1 saturated heterocycles. The van der Waals surface area contributed by atoms with Gasteiger partial charge < -0.3 is 10.1 Å². The van der Waals surface area contributed by atoms with Gasteiger partial charge in [0.15, 0.2) is 0 Å². The van der Waals surface area contributed by atoms with E-state index in [1.165, 1.54) is 0 Å². The molecule has 0 radical (unpaired) electrons. The molecular weight excluding hydrogens is 344 g/mol. The predicted molar refractivity (Wildman–Crippen MR) is 98.2 cm³/mol. The van der Waals surface area contributed by atoms with Crippen molar-refractivity contribution in [2.24, 2.45) is 5.92 Å². The number of nitrogens with zero attached hydrogens (tertiary/aromatic N) is 5. The molecule has 1 amide bonds. The number of amides is 1. The van der Waals surface area contributed by atoms with Crippen molar-refractivity contribution in [2.75, 3.05) is 13.2 Å². The Morgan fingerprint density at radius 2 is 2.11 bits per heavy atom. The number of aromatic nitrogens is 5. The third kappa shape index (κ3) is 3.52. The highest BCUT2D eigenvalue weighted by Crippen LogP contribution is 2.30. The summed E-state index contributed by atoms with van der Waals surface area (Å²) in [6.07, 6.45) is 5.31. The van der Waals surface area contributed by atoms with E-state index in [1.54, 1.807) is 16.8 Å². The van der Waals surface area contributed by atoms with Crippen molar-refractivity contribution >= 4 is 11.7 Å². The van der Waals surface area contributed by atoms with Crippen LogP contribution in [0.15, 0.2) is 30.6 Å². The highest BCUT2D eigenvalue weighted by atomic mass is 16.5.